The van der Waals surface area contributed by atoms with E-state index in [4.69, 9.17) is 0 Å². The van der Waals surface area contributed by atoms with E-state index >= 15 is 0 Å². The molecule has 2 heterocycles. The van der Waals surface area contributed by atoms with Crippen LogP contribution in [0.3, 0.4) is 0 Å². The highest BCUT2D eigenvalue weighted by Crippen LogP contribution is 2.24. The monoisotopic (exact) mass is 255 g/mol. The molecular weight excluding hydrogens is 246 g/mol. The average Bonchev–Trinajstić information content (AvgIpc) is 2.46. The number of hydrogen-bond donors (Lipinski definition) is 0. The number of hydrogen-bond acceptors (Lipinski definition) is 6. The molecule has 3 rings (SSSR count). The second-order valence-electron chi connectivity index (χ2n) is 3.59. The van der Waals surface area contributed by atoms with Crippen molar-refractivity contribution in [3.8, 4) is 0 Å². The van der Waals surface area contributed by atoms with Gasteiger partial charge < -0.3 is 0 Å². The van der Waals surface area contributed by atoms with Crippen molar-refractivity contribution in [3.05, 3.63) is 48.5 Å². The molecule has 1 aromatic carbocycles. The first kappa shape index (κ1) is 11.0. The molecule has 0 radical (unpaired) electrons. The number of nitrogens with zero attached hydrogens (tertiary/aromatic N) is 5. The first-order valence-electron chi connectivity index (χ1n) is 5.38. The summed E-state index contributed by atoms with van der Waals surface area (Å²) in [6.45, 7) is 0. The van der Waals surface area contributed by atoms with Crippen LogP contribution >= 0.6 is 11.8 Å². The summed E-state index contributed by atoms with van der Waals surface area (Å²) in [5, 5.41) is 8.46. The van der Waals surface area contributed by atoms with Crippen LogP contribution in [0.2, 0.25) is 0 Å². The van der Waals surface area contributed by atoms with Crippen LogP contribution in [0.15, 0.2) is 48.0 Å². The van der Waals surface area contributed by atoms with E-state index in [1.54, 1.807) is 11.8 Å². The first-order valence-corrected chi connectivity index (χ1v) is 6.37. The van der Waals surface area contributed by atoms with Gasteiger partial charge in [-0.05, 0) is 5.56 Å². The third kappa shape index (κ3) is 2.28. The van der Waals surface area contributed by atoms with Gasteiger partial charge in [0.25, 0.3) is 0 Å². The topological polar surface area (TPSA) is 64.5 Å². The fourth-order valence-corrected chi connectivity index (χ4v) is 2.43. The maximum Gasteiger partial charge on any atom is 0.204 e. The van der Waals surface area contributed by atoms with Crippen molar-refractivity contribution in [2.45, 2.75) is 10.8 Å². The zero-order chi connectivity index (χ0) is 12.2. The Hall–Kier alpha value is -2.08. The van der Waals surface area contributed by atoms with E-state index in [-0.39, 0.29) is 0 Å². The average molecular weight is 255 g/mol. The molecule has 0 fully saturated rings. The van der Waals surface area contributed by atoms with Gasteiger partial charge in [-0.3, -0.25) is 0 Å². The Labute approximate surface area is 108 Å². The van der Waals surface area contributed by atoms with Gasteiger partial charge in [0.1, 0.15) is 23.2 Å². The second kappa shape index (κ2) is 5.05. The van der Waals surface area contributed by atoms with Crippen LogP contribution in [0.25, 0.3) is 11.2 Å². The summed E-state index contributed by atoms with van der Waals surface area (Å²) in [6.07, 6.45) is 2.91. The molecule has 5 nitrogen and oxygen atoms in total. The zero-order valence-electron chi connectivity index (χ0n) is 9.39. The van der Waals surface area contributed by atoms with Crippen molar-refractivity contribution in [1.29, 1.82) is 0 Å². The van der Waals surface area contributed by atoms with Gasteiger partial charge in [0.15, 0.2) is 0 Å². The summed E-state index contributed by atoms with van der Waals surface area (Å²) < 4.78 is 0. The summed E-state index contributed by atoms with van der Waals surface area (Å²) in [5.74, 6) is 0.844. The lowest BCUT2D eigenvalue weighted by Gasteiger charge is -2.02. The number of thioether (sulfide) groups is 1. The van der Waals surface area contributed by atoms with Gasteiger partial charge in [0, 0.05) is 5.75 Å². The molecule has 0 bridgehead atoms. The lowest BCUT2D eigenvalue weighted by molar-refractivity contribution is 0.961. The predicted molar refractivity (Wildman–Crippen MR) is 68.9 cm³/mol. The van der Waals surface area contributed by atoms with Gasteiger partial charge in [-0.15, -0.1) is 10.2 Å². The zero-order valence-corrected chi connectivity index (χ0v) is 10.2. The molecule has 6 heteroatoms. The largest absolute Gasteiger partial charge is 0.228 e. The molecule has 3 aromatic rings. The van der Waals surface area contributed by atoms with Crippen molar-refractivity contribution in [1.82, 2.24) is 25.1 Å². The quantitative estimate of drug-likeness (QED) is 0.527. The van der Waals surface area contributed by atoms with Crippen LogP contribution in [-0.4, -0.2) is 25.1 Å². The maximum atomic E-state index is 4.24. The molecule has 18 heavy (non-hydrogen) atoms. The maximum absolute atomic E-state index is 4.24. The van der Waals surface area contributed by atoms with Crippen molar-refractivity contribution >= 4 is 22.9 Å². The highest BCUT2D eigenvalue weighted by Gasteiger charge is 2.06. The molecule has 88 valence electrons. The van der Waals surface area contributed by atoms with E-state index in [1.807, 2.05) is 18.2 Å². The Morgan fingerprint density at radius 3 is 2.72 bits per heavy atom. The molecule has 0 atom stereocenters. The molecule has 0 unspecified atom stereocenters. The first-order chi connectivity index (χ1) is 8.93. The van der Waals surface area contributed by atoms with E-state index < -0.39 is 0 Å². The number of aromatic nitrogens is 5. The smallest absolute Gasteiger partial charge is 0.204 e. The lowest BCUT2D eigenvalue weighted by atomic mass is 10.2. The summed E-state index contributed by atoms with van der Waals surface area (Å²) >= 11 is 1.62. The third-order valence-corrected chi connectivity index (χ3v) is 3.43. The molecule has 0 aliphatic carbocycles. The van der Waals surface area contributed by atoms with Crippen molar-refractivity contribution < 1.29 is 0 Å². The predicted octanol–water partition coefficient (Wildman–Crippen LogP) is 2.11. The summed E-state index contributed by atoms with van der Waals surface area (Å²) in [4.78, 5) is 12.5. The molecule has 0 spiro atoms. The molecule has 0 saturated heterocycles. The molecule has 0 aliphatic rings. The van der Waals surface area contributed by atoms with E-state index in [2.05, 4.69) is 37.3 Å². The lowest BCUT2D eigenvalue weighted by Crippen LogP contribution is -1.94. The summed E-state index contributed by atoms with van der Waals surface area (Å²) in [7, 11) is 0. The number of rotatable bonds is 3. The Balaban J connectivity index is 1.87. The molecule has 0 saturated carbocycles. The normalized spacial score (nSPS) is 10.7. The van der Waals surface area contributed by atoms with E-state index in [0.29, 0.717) is 11.2 Å². The fourth-order valence-electron chi connectivity index (χ4n) is 1.54. The highest BCUT2D eigenvalue weighted by atomic mass is 32.2. The summed E-state index contributed by atoms with van der Waals surface area (Å²) in [5.41, 5.74) is 2.48. The SMILES string of the molecule is c1ccc(CSc2ncnc3nncnc23)cc1. The van der Waals surface area contributed by atoms with Crippen LogP contribution in [-0.2, 0) is 5.75 Å². The highest BCUT2D eigenvalue weighted by molar-refractivity contribution is 7.98. The third-order valence-electron chi connectivity index (χ3n) is 2.38. The minimum absolute atomic E-state index is 0.531. The van der Waals surface area contributed by atoms with Crippen LogP contribution in [0, 0.1) is 0 Å². The molecule has 2 aromatic heterocycles. The van der Waals surface area contributed by atoms with Gasteiger partial charge >= 0.3 is 0 Å². The fraction of sp³-hybridized carbons (Fsp3) is 0.0833. The van der Waals surface area contributed by atoms with Gasteiger partial charge in [0.2, 0.25) is 5.65 Å². The number of benzene rings is 1. The minimum atomic E-state index is 0.531. The molecule has 0 N–H and O–H groups in total. The summed E-state index contributed by atoms with van der Waals surface area (Å²) in [6, 6.07) is 10.2. The van der Waals surface area contributed by atoms with E-state index in [9.17, 15) is 0 Å². The minimum Gasteiger partial charge on any atom is -0.228 e. The Kier molecular flexibility index (Phi) is 3.10. The number of fused-ring (bicyclic) bond motifs is 1. The Bertz CT molecular complexity index is 653. The Morgan fingerprint density at radius 1 is 0.944 bits per heavy atom. The second-order valence-corrected chi connectivity index (χ2v) is 4.55. The standard InChI is InChI=1S/C12H9N5S/c1-2-4-9(5-3-1)6-18-12-10-11(14-7-15-12)17-16-8-13-10/h1-5,7-8H,6H2. The van der Waals surface area contributed by atoms with E-state index in [1.165, 1.54) is 18.2 Å². The van der Waals surface area contributed by atoms with Gasteiger partial charge in [-0.25, -0.2) is 15.0 Å². The molecule has 0 aliphatic heterocycles. The van der Waals surface area contributed by atoms with Gasteiger partial charge in [-0.2, -0.15) is 0 Å². The van der Waals surface area contributed by atoms with Crippen molar-refractivity contribution in [2.75, 3.05) is 0 Å². The van der Waals surface area contributed by atoms with E-state index in [0.717, 1.165) is 10.8 Å². The van der Waals surface area contributed by atoms with Gasteiger partial charge in [0.05, 0.1) is 0 Å². The van der Waals surface area contributed by atoms with Crippen molar-refractivity contribution in [2.24, 2.45) is 0 Å². The van der Waals surface area contributed by atoms with Gasteiger partial charge in [-0.1, -0.05) is 42.1 Å². The Morgan fingerprint density at radius 2 is 1.83 bits per heavy atom. The van der Waals surface area contributed by atoms with Crippen LogP contribution in [0.5, 0.6) is 0 Å². The van der Waals surface area contributed by atoms with Crippen LogP contribution < -0.4 is 0 Å². The van der Waals surface area contributed by atoms with Crippen molar-refractivity contribution in [3.63, 3.8) is 0 Å². The van der Waals surface area contributed by atoms with Crippen LogP contribution in [0.4, 0.5) is 0 Å². The molecule has 0 amide bonds. The molecular formula is C12H9N5S. The van der Waals surface area contributed by atoms with Crippen LogP contribution in [0.1, 0.15) is 5.56 Å².